The Morgan fingerprint density at radius 3 is 2.31 bits per heavy atom. The molecule has 2 N–H and O–H groups in total. The number of halogens is 8. The van der Waals surface area contributed by atoms with Crippen molar-refractivity contribution in [1.29, 1.82) is 0 Å². The first-order chi connectivity index (χ1) is 16.7. The van der Waals surface area contributed by atoms with Gasteiger partial charge in [0, 0.05) is 24.6 Å². The van der Waals surface area contributed by atoms with Crippen LogP contribution >= 0.6 is 23.2 Å². The number of rotatable bonds is 4. The van der Waals surface area contributed by atoms with Crippen LogP contribution in [0.2, 0.25) is 10.0 Å². The Morgan fingerprint density at radius 1 is 1.03 bits per heavy atom. The Hall–Kier alpha value is -2.95. The molecular formula is C24H16Cl2F6N2O2. The van der Waals surface area contributed by atoms with E-state index in [-0.39, 0.29) is 24.2 Å². The van der Waals surface area contributed by atoms with Gasteiger partial charge >= 0.3 is 12.4 Å². The van der Waals surface area contributed by atoms with Gasteiger partial charge in [0.15, 0.2) is 0 Å². The van der Waals surface area contributed by atoms with Crippen LogP contribution in [0.5, 0.6) is 0 Å². The molecular weight excluding hydrogens is 533 g/mol. The van der Waals surface area contributed by atoms with Gasteiger partial charge in [-0.2, -0.15) is 26.3 Å². The van der Waals surface area contributed by atoms with Crippen molar-refractivity contribution in [2.75, 3.05) is 0 Å². The Kier molecular flexibility index (Phi) is 6.65. The second-order valence-electron chi connectivity index (χ2n) is 8.04. The summed E-state index contributed by atoms with van der Waals surface area (Å²) in [6, 6.07) is 10.9. The van der Waals surface area contributed by atoms with Crippen molar-refractivity contribution in [1.82, 2.24) is 10.8 Å². The Bertz CT molecular complexity index is 1390. The molecule has 1 aliphatic rings. The van der Waals surface area contributed by atoms with Gasteiger partial charge in [0.1, 0.15) is 0 Å². The molecule has 1 atom stereocenters. The van der Waals surface area contributed by atoms with Crippen molar-refractivity contribution in [3.63, 3.8) is 0 Å². The summed E-state index contributed by atoms with van der Waals surface area (Å²) >= 11 is 11.4. The first kappa shape index (κ1) is 26.1. The van der Waals surface area contributed by atoms with Crippen LogP contribution < -0.4 is 10.8 Å². The number of hydroxylamine groups is 1. The second-order valence-corrected chi connectivity index (χ2v) is 8.83. The molecule has 4 nitrogen and oxygen atoms in total. The van der Waals surface area contributed by atoms with Crippen LogP contribution in [0.4, 0.5) is 26.3 Å². The number of nitrogens with one attached hydrogen (secondary N) is 2. The van der Waals surface area contributed by atoms with Crippen molar-refractivity contribution in [2.24, 2.45) is 0 Å². The molecule has 0 saturated carbocycles. The van der Waals surface area contributed by atoms with Gasteiger partial charge in [0.25, 0.3) is 0 Å². The van der Waals surface area contributed by atoms with Crippen LogP contribution in [0.1, 0.15) is 29.2 Å². The molecule has 1 unspecified atom stereocenters. The molecule has 0 spiro atoms. The number of hydrogen-bond donors (Lipinski definition) is 2. The normalized spacial score (nSPS) is 18.2. The molecule has 1 aliphatic heterocycles. The van der Waals surface area contributed by atoms with E-state index in [1.165, 1.54) is 13.0 Å². The lowest BCUT2D eigenvalue weighted by Crippen LogP contribution is -2.42. The van der Waals surface area contributed by atoms with E-state index in [2.05, 4.69) is 10.8 Å². The van der Waals surface area contributed by atoms with E-state index in [0.717, 1.165) is 0 Å². The van der Waals surface area contributed by atoms with Crippen LogP contribution in [0, 0.1) is 0 Å². The highest BCUT2D eigenvalue weighted by Gasteiger charge is 2.60. The van der Waals surface area contributed by atoms with Crippen LogP contribution in [-0.2, 0) is 28.0 Å². The lowest BCUT2D eigenvalue weighted by molar-refractivity contribution is -0.269. The van der Waals surface area contributed by atoms with Gasteiger partial charge in [-0.1, -0.05) is 59.6 Å². The molecule has 12 heteroatoms. The molecule has 1 heterocycles. The monoisotopic (exact) mass is 548 g/mol. The molecule has 0 saturated heterocycles. The minimum absolute atomic E-state index is 0.116. The molecule has 3 aromatic carbocycles. The highest BCUT2D eigenvalue weighted by atomic mass is 35.5. The predicted octanol–water partition coefficient (Wildman–Crippen LogP) is 7.14. The first-order valence-corrected chi connectivity index (χ1v) is 11.1. The van der Waals surface area contributed by atoms with E-state index in [4.69, 9.17) is 28.0 Å². The zero-order valence-electron chi connectivity index (χ0n) is 18.2. The Balaban J connectivity index is 1.89. The summed E-state index contributed by atoms with van der Waals surface area (Å²) in [5.41, 5.74) is -2.56. The molecule has 1 amide bonds. The van der Waals surface area contributed by atoms with Gasteiger partial charge in [0.2, 0.25) is 11.5 Å². The van der Waals surface area contributed by atoms with Crippen LogP contribution in [0.25, 0.3) is 16.5 Å². The lowest BCUT2D eigenvalue weighted by atomic mass is 9.89. The number of carbonyl (C=O) groups is 1. The molecule has 0 radical (unpaired) electrons. The van der Waals surface area contributed by atoms with Crippen LogP contribution in [0.3, 0.4) is 0 Å². The van der Waals surface area contributed by atoms with Crippen molar-refractivity contribution in [2.45, 2.75) is 31.4 Å². The summed E-state index contributed by atoms with van der Waals surface area (Å²) in [5, 5.41) is 2.24. The lowest BCUT2D eigenvalue weighted by Gasteiger charge is -2.29. The van der Waals surface area contributed by atoms with Gasteiger partial charge in [0.05, 0.1) is 21.3 Å². The zero-order valence-corrected chi connectivity index (χ0v) is 19.8. The molecule has 4 rings (SSSR count). The summed E-state index contributed by atoms with van der Waals surface area (Å²) in [6.07, 6.45) is -9.56. The Morgan fingerprint density at radius 2 is 1.69 bits per heavy atom. The van der Waals surface area contributed by atoms with Gasteiger partial charge in [-0.25, -0.2) is 0 Å². The SMILES string of the molecule is CC(=O)NCc1ccc(C2=CC(c3cc(Cl)c(Cl)c(C(F)(F)F)c3)(C(F)(F)F)ON2)c2ccccc12. The standard InChI is InChI=1S/C24H16Cl2F6N2O2/c1-12(35)33-11-13-6-7-17(16-5-3-2-4-15(13)16)20-10-22(36-34-20,24(30,31)32)14-8-18(23(27,28)29)21(26)19(25)9-14/h2-10,34H,11H2,1H3,(H,33,35). The summed E-state index contributed by atoms with van der Waals surface area (Å²) in [6.45, 7) is 1.54. The van der Waals surface area contributed by atoms with Crippen molar-refractivity contribution >= 4 is 45.6 Å². The molecule has 0 bridgehead atoms. The van der Waals surface area contributed by atoms with Gasteiger partial charge in [-0.05, 0) is 34.5 Å². The number of hydrogen-bond acceptors (Lipinski definition) is 3. The van der Waals surface area contributed by atoms with Crippen LogP contribution in [-0.4, -0.2) is 12.1 Å². The highest BCUT2D eigenvalue weighted by Crippen LogP contribution is 2.50. The maximum atomic E-state index is 14.4. The third-order valence-corrected chi connectivity index (χ3v) is 6.49. The van der Waals surface area contributed by atoms with E-state index in [0.29, 0.717) is 34.0 Å². The summed E-state index contributed by atoms with van der Waals surface area (Å²) < 4.78 is 83.6. The number of alkyl halides is 6. The summed E-state index contributed by atoms with van der Waals surface area (Å²) in [5.74, 6) is -0.258. The van der Waals surface area contributed by atoms with E-state index < -0.39 is 39.1 Å². The predicted molar refractivity (Wildman–Crippen MR) is 123 cm³/mol. The fourth-order valence-electron chi connectivity index (χ4n) is 3.96. The molecule has 190 valence electrons. The average molecular weight is 549 g/mol. The fourth-order valence-corrected chi connectivity index (χ4v) is 4.39. The second kappa shape index (κ2) is 9.17. The maximum absolute atomic E-state index is 14.4. The van der Waals surface area contributed by atoms with Gasteiger partial charge in [-0.3, -0.25) is 15.1 Å². The molecule has 0 aromatic heterocycles. The molecule has 0 fully saturated rings. The molecule has 3 aromatic rings. The first-order valence-electron chi connectivity index (χ1n) is 10.3. The van der Waals surface area contributed by atoms with E-state index in [1.807, 2.05) is 0 Å². The quantitative estimate of drug-likeness (QED) is 0.341. The van der Waals surface area contributed by atoms with Crippen LogP contribution in [0.15, 0.2) is 54.6 Å². The zero-order chi connectivity index (χ0) is 26.5. The third-order valence-electron chi connectivity index (χ3n) is 5.69. The van der Waals surface area contributed by atoms with Gasteiger partial charge < -0.3 is 5.32 Å². The highest BCUT2D eigenvalue weighted by molar-refractivity contribution is 6.42. The maximum Gasteiger partial charge on any atom is 0.428 e. The smallest absolute Gasteiger partial charge is 0.352 e. The summed E-state index contributed by atoms with van der Waals surface area (Å²) in [4.78, 5) is 16.3. The van der Waals surface area contributed by atoms with E-state index in [9.17, 15) is 31.1 Å². The molecule has 0 aliphatic carbocycles. The van der Waals surface area contributed by atoms with Crippen molar-refractivity contribution in [3.8, 4) is 0 Å². The minimum atomic E-state index is -5.18. The third kappa shape index (κ3) is 4.60. The number of carbonyl (C=O) groups excluding carboxylic acids is 1. The van der Waals surface area contributed by atoms with Crippen molar-refractivity contribution in [3.05, 3.63) is 86.9 Å². The van der Waals surface area contributed by atoms with E-state index >= 15 is 0 Å². The van der Waals surface area contributed by atoms with Gasteiger partial charge in [-0.15, -0.1) is 0 Å². The fraction of sp³-hybridized carbons (Fsp3) is 0.208. The Labute approximate surface area is 210 Å². The number of benzene rings is 3. The largest absolute Gasteiger partial charge is 0.428 e. The number of fused-ring (bicyclic) bond motifs is 1. The average Bonchev–Trinajstić information content (AvgIpc) is 3.25. The summed E-state index contributed by atoms with van der Waals surface area (Å²) in [7, 11) is 0. The topological polar surface area (TPSA) is 50.4 Å². The number of amides is 1. The molecule has 36 heavy (non-hydrogen) atoms. The minimum Gasteiger partial charge on any atom is -0.352 e. The van der Waals surface area contributed by atoms with E-state index in [1.54, 1.807) is 30.3 Å². The van der Waals surface area contributed by atoms with Crippen molar-refractivity contribution < 1.29 is 36.0 Å².